The fourth-order valence-electron chi connectivity index (χ4n) is 4.14. The van der Waals surface area contributed by atoms with E-state index in [1.54, 1.807) is 17.7 Å². The van der Waals surface area contributed by atoms with Gasteiger partial charge in [0.25, 0.3) is 0 Å². The Kier molecular flexibility index (Phi) is 3.62. The molecule has 3 aromatic heterocycles. The van der Waals surface area contributed by atoms with E-state index in [1.165, 1.54) is 37.9 Å². The van der Waals surface area contributed by atoms with E-state index in [1.807, 2.05) is 4.52 Å². The minimum Gasteiger partial charge on any atom is -0.206 e. The van der Waals surface area contributed by atoms with E-state index in [0.29, 0.717) is 0 Å². The molecule has 0 saturated carbocycles. The number of benzene rings is 2. The molecule has 2 aromatic carbocycles. The maximum Gasteiger partial charge on any atom is 0.232 e. The Morgan fingerprint density at radius 2 is 1.82 bits per heavy atom. The molecule has 0 amide bonds. The van der Waals surface area contributed by atoms with Crippen LogP contribution in [0.1, 0.15) is 31.9 Å². The van der Waals surface area contributed by atoms with Crippen molar-refractivity contribution in [2.24, 2.45) is 7.05 Å². The second kappa shape index (κ2) is 5.85. The molecule has 0 aliphatic rings. The number of hydrogen-bond donors (Lipinski definition) is 0. The highest BCUT2D eigenvalue weighted by molar-refractivity contribution is 7.24. The van der Waals surface area contributed by atoms with Crippen LogP contribution in [0, 0.1) is 6.92 Å². The summed E-state index contributed by atoms with van der Waals surface area (Å²) in [6.07, 6.45) is 3.74. The van der Waals surface area contributed by atoms with E-state index in [-0.39, 0.29) is 5.41 Å². The zero-order valence-corrected chi connectivity index (χ0v) is 17.6. The number of nitrogens with zero attached hydrogens (tertiary/aromatic N) is 4. The van der Waals surface area contributed by atoms with Gasteiger partial charge >= 0.3 is 0 Å². The Labute approximate surface area is 168 Å². The van der Waals surface area contributed by atoms with Gasteiger partial charge in [0, 0.05) is 6.07 Å². The van der Waals surface area contributed by atoms with Crippen LogP contribution >= 0.6 is 11.3 Å². The minimum absolute atomic E-state index is 0.0557. The highest BCUT2D eigenvalue weighted by Crippen LogP contribution is 2.40. The molecule has 0 unspecified atom stereocenters. The Morgan fingerprint density at radius 1 is 1.07 bits per heavy atom. The van der Waals surface area contributed by atoms with Crippen LogP contribution < -0.4 is 4.57 Å². The van der Waals surface area contributed by atoms with Gasteiger partial charge in [-0.3, -0.25) is 0 Å². The molecule has 0 radical (unpaired) electrons. The van der Waals surface area contributed by atoms with Gasteiger partial charge in [-0.15, -0.1) is 0 Å². The topological polar surface area (TPSA) is 34.1 Å². The highest BCUT2D eigenvalue weighted by Gasteiger charge is 2.26. The summed E-state index contributed by atoms with van der Waals surface area (Å²) in [4.78, 5) is 5.34. The van der Waals surface area contributed by atoms with Gasteiger partial charge in [0.1, 0.15) is 18.1 Å². The lowest BCUT2D eigenvalue weighted by atomic mass is 9.80. The first-order valence-corrected chi connectivity index (χ1v) is 10.3. The lowest BCUT2D eigenvalue weighted by molar-refractivity contribution is -0.659. The SMILES string of the molecule is Cc1c(-c2c3sc4ncnn4c3cc[n+]2C)cc(C(C)(C)C)c2ccccc12. The summed E-state index contributed by atoms with van der Waals surface area (Å²) in [6, 6.07) is 13.3. The third-order valence-electron chi connectivity index (χ3n) is 5.57. The monoisotopic (exact) mass is 387 g/mol. The van der Waals surface area contributed by atoms with Crippen molar-refractivity contribution < 1.29 is 4.57 Å². The normalized spacial score (nSPS) is 12.5. The minimum atomic E-state index is 0.0557. The summed E-state index contributed by atoms with van der Waals surface area (Å²) < 4.78 is 5.38. The Balaban J connectivity index is 1.95. The number of hydrogen-bond acceptors (Lipinski definition) is 3. The molecule has 0 saturated heterocycles. The Bertz CT molecular complexity index is 1370. The summed E-state index contributed by atoms with van der Waals surface area (Å²) in [5.74, 6) is 0. The van der Waals surface area contributed by atoms with Gasteiger partial charge in [0.15, 0.2) is 6.20 Å². The second-order valence-corrected chi connectivity index (χ2v) is 9.42. The van der Waals surface area contributed by atoms with E-state index in [0.717, 1.165) is 10.5 Å². The lowest BCUT2D eigenvalue weighted by Gasteiger charge is -2.23. The molecule has 0 aliphatic carbocycles. The average Bonchev–Trinajstić information content (AvgIpc) is 3.23. The molecular formula is C23H23N4S+. The van der Waals surface area contributed by atoms with E-state index < -0.39 is 0 Å². The van der Waals surface area contributed by atoms with Crippen molar-refractivity contribution in [1.29, 1.82) is 0 Å². The summed E-state index contributed by atoms with van der Waals surface area (Å²) in [6.45, 7) is 9.10. The molecule has 140 valence electrons. The number of fused-ring (bicyclic) bond motifs is 4. The van der Waals surface area contributed by atoms with E-state index >= 15 is 0 Å². The van der Waals surface area contributed by atoms with Gasteiger partial charge in [-0.2, -0.15) is 9.67 Å². The summed E-state index contributed by atoms with van der Waals surface area (Å²) in [5.41, 5.74) is 6.35. The Morgan fingerprint density at radius 3 is 2.57 bits per heavy atom. The van der Waals surface area contributed by atoms with Crippen molar-refractivity contribution in [2.45, 2.75) is 33.1 Å². The predicted octanol–water partition coefficient (Wildman–Crippen LogP) is 5.19. The molecule has 0 spiro atoms. The zero-order valence-electron chi connectivity index (χ0n) is 16.8. The van der Waals surface area contributed by atoms with Gasteiger partial charge in [-0.25, -0.2) is 9.50 Å². The fraction of sp³-hybridized carbons (Fsp3) is 0.261. The molecule has 0 fully saturated rings. The molecule has 28 heavy (non-hydrogen) atoms. The Hall–Kier alpha value is -2.79. The quantitative estimate of drug-likeness (QED) is 0.371. The van der Waals surface area contributed by atoms with Crippen molar-refractivity contribution in [3.8, 4) is 11.3 Å². The molecular weight excluding hydrogens is 364 g/mol. The van der Waals surface area contributed by atoms with Crippen LogP contribution in [0.15, 0.2) is 48.9 Å². The molecule has 0 bridgehead atoms. The van der Waals surface area contributed by atoms with Crippen LogP contribution in [0.25, 0.3) is 37.2 Å². The van der Waals surface area contributed by atoms with Crippen LogP contribution in [0.4, 0.5) is 0 Å². The standard InChI is InChI=1S/C23H23N4S/c1-14-15-8-6-7-9-16(15)18(23(2,3)4)12-17(14)20-21-19(10-11-26(20)5)27-22(28-21)24-13-25-27/h6-13H,1-5H3/q+1. The molecule has 5 rings (SSSR count). The van der Waals surface area contributed by atoms with E-state index in [9.17, 15) is 0 Å². The van der Waals surface area contributed by atoms with Gasteiger partial charge in [0.05, 0.1) is 11.1 Å². The zero-order chi connectivity index (χ0) is 19.6. The van der Waals surface area contributed by atoms with Crippen LogP contribution in [0.3, 0.4) is 0 Å². The maximum absolute atomic E-state index is 4.41. The van der Waals surface area contributed by atoms with Gasteiger partial charge in [-0.1, -0.05) is 56.4 Å². The first kappa shape index (κ1) is 17.3. The van der Waals surface area contributed by atoms with Crippen molar-refractivity contribution in [3.05, 3.63) is 60.0 Å². The number of rotatable bonds is 1. The van der Waals surface area contributed by atoms with Crippen molar-refractivity contribution >= 4 is 37.3 Å². The third-order valence-corrected chi connectivity index (χ3v) is 6.64. The fourth-order valence-corrected chi connectivity index (χ4v) is 5.26. The number of pyridine rings is 1. The van der Waals surface area contributed by atoms with Crippen molar-refractivity contribution in [2.75, 3.05) is 0 Å². The molecule has 0 N–H and O–H groups in total. The summed E-state index contributed by atoms with van der Waals surface area (Å²) in [7, 11) is 2.12. The maximum atomic E-state index is 4.41. The predicted molar refractivity (Wildman–Crippen MR) is 116 cm³/mol. The largest absolute Gasteiger partial charge is 0.232 e. The van der Waals surface area contributed by atoms with Gasteiger partial charge in [0.2, 0.25) is 10.7 Å². The summed E-state index contributed by atoms with van der Waals surface area (Å²) >= 11 is 1.70. The van der Waals surface area contributed by atoms with Crippen molar-refractivity contribution in [1.82, 2.24) is 14.6 Å². The van der Waals surface area contributed by atoms with Gasteiger partial charge in [-0.05, 0) is 40.3 Å². The molecule has 0 atom stereocenters. The molecule has 5 heteroatoms. The first-order chi connectivity index (χ1) is 13.4. The van der Waals surface area contributed by atoms with Crippen LogP contribution in [0.5, 0.6) is 0 Å². The number of aryl methyl sites for hydroxylation is 2. The molecule has 3 heterocycles. The highest BCUT2D eigenvalue weighted by atomic mass is 32.1. The van der Waals surface area contributed by atoms with Gasteiger partial charge < -0.3 is 0 Å². The first-order valence-electron chi connectivity index (χ1n) is 9.50. The lowest BCUT2D eigenvalue weighted by Crippen LogP contribution is -2.30. The van der Waals surface area contributed by atoms with Crippen LogP contribution in [-0.4, -0.2) is 14.6 Å². The molecule has 4 nitrogen and oxygen atoms in total. The number of aromatic nitrogens is 4. The molecule has 0 aliphatic heterocycles. The summed E-state index contributed by atoms with van der Waals surface area (Å²) in [5, 5.41) is 7.07. The van der Waals surface area contributed by atoms with Crippen LogP contribution in [0.2, 0.25) is 0 Å². The number of thiazole rings is 1. The van der Waals surface area contributed by atoms with Crippen LogP contribution in [-0.2, 0) is 12.5 Å². The molecule has 5 aromatic rings. The second-order valence-electron chi connectivity index (χ2n) is 8.44. The van der Waals surface area contributed by atoms with E-state index in [2.05, 4.69) is 92.0 Å². The third kappa shape index (κ3) is 2.39. The smallest absolute Gasteiger partial charge is 0.206 e. The van der Waals surface area contributed by atoms with Crippen molar-refractivity contribution in [3.63, 3.8) is 0 Å². The van der Waals surface area contributed by atoms with E-state index in [4.69, 9.17) is 0 Å². The average molecular weight is 388 g/mol.